The highest BCUT2D eigenvalue weighted by molar-refractivity contribution is 5.99. The number of hydrogen-bond donors (Lipinski definition) is 3. The molecular weight excluding hydrogens is 455 g/mol. The molecule has 0 spiro atoms. The van der Waals surface area contributed by atoms with Crippen LogP contribution in [0, 0.1) is 17.1 Å². The summed E-state index contributed by atoms with van der Waals surface area (Å²) in [4.78, 5) is 22.1. The summed E-state index contributed by atoms with van der Waals surface area (Å²) in [7, 11) is 0. The van der Waals surface area contributed by atoms with Gasteiger partial charge in [0.05, 0.1) is 35.1 Å². The Labute approximate surface area is 208 Å². The third kappa shape index (κ3) is 6.09. The number of nitrogens with zero attached hydrogens (tertiary/aromatic N) is 3. The molecule has 0 aliphatic carbocycles. The number of carbonyl (C=O) groups is 1. The van der Waals surface area contributed by atoms with Crippen LogP contribution in [0.15, 0.2) is 79.0 Å². The van der Waals surface area contributed by atoms with E-state index >= 15 is 0 Å². The second-order valence-electron chi connectivity index (χ2n) is 8.10. The van der Waals surface area contributed by atoms with Crippen LogP contribution in [0.5, 0.6) is 0 Å². The van der Waals surface area contributed by atoms with E-state index in [4.69, 9.17) is 5.73 Å². The van der Waals surface area contributed by atoms with Crippen LogP contribution in [0.2, 0.25) is 0 Å². The molecule has 0 unspecified atom stereocenters. The second-order valence-corrected chi connectivity index (χ2v) is 8.10. The van der Waals surface area contributed by atoms with Gasteiger partial charge in [-0.05, 0) is 53.9 Å². The molecule has 7 nitrogen and oxygen atoms in total. The molecule has 1 amide bonds. The van der Waals surface area contributed by atoms with Crippen molar-refractivity contribution in [3.05, 3.63) is 113 Å². The van der Waals surface area contributed by atoms with Crippen LogP contribution in [-0.4, -0.2) is 22.4 Å². The van der Waals surface area contributed by atoms with Gasteiger partial charge in [0.1, 0.15) is 11.6 Å². The number of carbonyl (C=O) groups excluding carboxylic acids is 1. The van der Waals surface area contributed by atoms with Crippen molar-refractivity contribution in [2.24, 2.45) is 5.73 Å². The Morgan fingerprint density at radius 1 is 1.03 bits per heavy atom. The molecule has 180 valence electrons. The zero-order chi connectivity index (χ0) is 25.3. The Bertz CT molecular complexity index is 1400. The first-order valence-corrected chi connectivity index (χ1v) is 11.5. The van der Waals surface area contributed by atoms with Gasteiger partial charge in [-0.25, -0.2) is 9.37 Å². The summed E-state index contributed by atoms with van der Waals surface area (Å²) in [5, 5.41) is 15.6. The molecule has 0 aliphatic heterocycles. The fourth-order valence-electron chi connectivity index (χ4n) is 3.70. The first kappa shape index (κ1) is 24.5. The van der Waals surface area contributed by atoms with Crippen LogP contribution in [0.1, 0.15) is 32.7 Å². The highest BCUT2D eigenvalue weighted by Crippen LogP contribution is 2.25. The SMILES string of the molecule is N#Cc1ccccc1-c1ccc(C(=O)NCc2ccc(CN)cn2)c(NCCc2cccc(F)c2)n1. The van der Waals surface area contributed by atoms with Gasteiger partial charge < -0.3 is 16.4 Å². The fourth-order valence-corrected chi connectivity index (χ4v) is 3.70. The van der Waals surface area contributed by atoms with Crippen LogP contribution in [0.4, 0.5) is 10.2 Å². The van der Waals surface area contributed by atoms with E-state index in [0.717, 1.165) is 11.1 Å². The van der Waals surface area contributed by atoms with E-state index in [0.29, 0.717) is 53.4 Å². The molecule has 0 fully saturated rings. The molecule has 0 saturated heterocycles. The maximum atomic E-state index is 13.5. The number of aromatic nitrogens is 2. The average molecular weight is 481 g/mol. The summed E-state index contributed by atoms with van der Waals surface area (Å²) in [6.45, 7) is 1.07. The molecule has 0 aliphatic rings. The molecule has 8 heteroatoms. The number of amides is 1. The van der Waals surface area contributed by atoms with E-state index in [9.17, 15) is 14.4 Å². The third-order valence-electron chi connectivity index (χ3n) is 5.61. The fraction of sp³-hybridized carbons (Fsp3) is 0.143. The van der Waals surface area contributed by atoms with Gasteiger partial charge in [-0.2, -0.15) is 5.26 Å². The number of benzene rings is 2. The highest BCUT2D eigenvalue weighted by atomic mass is 19.1. The molecule has 4 N–H and O–H groups in total. The van der Waals surface area contributed by atoms with Crippen molar-refractivity contribution < 1.29 is 9.18 Å². The minimum Gasteiger partial charge on any atom is -0.369 e. The zero-order valence-electron chi connectivity index (χ0n) is 19.5. The van der Waals surface area contributed by atoms with Crippen molar-refractivity contribution in [2.75, 3.05) is 11.9 Å². The summed E-state index contributed by atoms with van der Waals surface area (Å²) in [5.41, 5.74) is 10.1. The number of anilines is 1. The molecule has 4 aromatic rings. The highest BCUT2D eigenvalue weighted by Gasteiger charge is 2.16. The van der Waals surface area contributed by atoms with E-state index in [-0.39, 0.29) is 18.3 Å². The number of nitrogens with two attached hydrogens (primary N) is 1. The Balaban J connectivity index is 1.56. The number of hydrogen-bond acceptors (Lipinski definition) is 6. The number of rotatable bonds is 9. The maximum Gasteiger partial charge on any atom is 0.255 e. The van der Waals surface area contributed by atoms with Crippen LogP contribution < -0.4 is 16.4 Å². The van der Waals surface area contributed by atoms with E-state index in [1.165, 1.54) is 12.1 Å². The predicted molar refractivity (Wildman–Crippen MR) is 136 cm³/mol. The minimum absolute atomic E-state index is 0.242. The van der Waals surface area contributed by atoms with Gasteiger partial charge in [0, 0.05) is 24.8 Å². The van der Waals surface area contributed by atoms with Gasteiger partial charge in [-0.15, -0.1) is 0 Å². The topological polar surface area (TPSA) is 117 Å². The molecule has 4 rings (SSSR count). The van der Waals surface area contributed by atoms with Gasteiger partial charge in [0.25, 0.3) is 5.91 Å². The monoisotopic (exact) mass is 480 g/mol. The van der Waals surface area contributed by atoms with Crippen molar-refractivity contribution in [3.8, 4) is 17.3 Å². The lowest BCUT2D eigenvalue weighted by Crippen LogP contribution is -2.25. The molecular formula is C28H25FN6O. The van der Waals surface area contributed by atoms with Crippen LogP contribution in [-0.2, 0) is 19.5 Å². The van der Waals surface area contributed by atoms with Gasteiger partial charge in [-0.3, -0.25) is 9.78 Å². The third-order valence-corrected chi connectivity index (χ3v) is 5.61. The first-order chi connectivity index (χ1) is 17.6. The summed E-state index contributed by atoms with van der Waals surface area (Å²) < 4.78 is 13.5. The molecule has 2 aromatic carbocycles. The lowest BCUT2D eigenvalue weighted by atomic mass is 10.0. The molecule has 0 atom stereocenters. The summed E-state index contributed by atoms with van der Waals surface area (Å²) in [6, 6.07) is 22.8. The number of pyridine rings is 2. The zero-order valence-corrected chi connectivity index (χ0v) is 19.5. The molecule has 36 heavy (non-hydrogen) atoms. The van der Waals surface area contributed by atoms with Gasteiger partial charge in [0.15, 0.2) is 0 Å². The summed E-state index contributed by atoms with van der Waals surface area (Å²) >= 11 is 0. The number of nitrogens with one attached hydrogen (secondary N) is 2. The Kier molecular flexibility index (Phi) is 7.96. The molecule has 0 bridgehead atoms. The quantitative estimate of drug-likeness (QED) is 0.331. The second kappa shape index (κ2) is 11.7. The number of halogens is 1. The van der Waals surface area contributed by atoms with E-state index in [1.54, 1.807) is 36.5 Å². The van der Waals surface area contributed by atoms with Crippen molar-refractivity contribution in [1.29, 1.82) is 5.26 Å². The summed E-state index contributed by atoms with van der Waals surface area (Å²) in [5.74, 6) is -0.241. The van der Waals surface area contributed by atoms with Crippen molar-refractivity contribution >= 4 is 11.7 Å². The van der Waals surface area contributed by atoms with Crippen LogP contribution in [0.3, 0.4) is 0 Å². The van der Waals surface area contributed by atoms with Gasteiger partial charge in [-0.1, -0.05) is 36.4 Å². The number of nitriles is 1. The Morgan fingerprint density at radius 3 is 2.64 bits per heavy atom. The first-order valence-electron chi connectivity index (χ1n) is 11.5. The Morgan fingerprint density at radius 2 is 1.89 bits per heavy atom. The molecule has 0 saturated carbocycles. The van der Waals surface area contributed by atoms with E-state index in [1.807, 2.05) is 30.3 Å². The largest absolute Gasteiger partial charge is 0.369 e. The lowest BCUT2D eigenvalue weighted by Gasteiger charge is -2.14. The van der Waals surface area contributed by atoms with Crippen molar-refractivity contribution in [3.63, 3.8) is 0 Å². The normalized spacial score (nSPS) is 10.5. The van der Waals surface area contributed by atoms with Gasteiger partial charge in [0.2, 0.25) is 0 Å². The Hall–Kier alpha value is -4.61. The van der Waals surface area contributed by atoms with Crippen LogP contribution >= 0.6 is 0 Å². The van der Waals surface area contributed by atoms with E-state index in [2.05, 4.69) is 26.7 Å². The molecule has 2 heterocycles. The standard InChI is InChI=1S/C28H25FN6O/c29-22-6-3-4-19(14-22)12-13-32-27-25(28(36)34-18-23-9-8-20(15-30)17-33-23)10-11-26(35-27)24-7-2-1-5-21(24)16-31/h1-11,14,17H,12-13,15,18,30H2,(H,32,35)(H,34,36). The van der Waals surface area contributed by atoms with Crippen molar-refractivity contribution in [2.45, 2.75) is 19.5 Å². The molecule has 2 aromatic heterocycles. The predicted octanol–water partition coefficient (Wildman–Crippen LogP) is 4.20. The lowest BCUT2D eigenvalue weighted by molar-refractivity contribution is 0.0951. The smallest absolute Gasteiger partial charge is 0.255 e. The van der Waals surface area contributed by atoms with Crippen molar-refractivity contribution in [1.82, 2.24) is 15.3 Å². The van der Waals surface area contributed by atoms with Gasteiger partial charge >= 0.3 is 0 Å². The maximum absolute atomic E-state index is 13.5. The van der Waals surface area contributed by atoms with E-state index < -0.39 is 0 Å². The summed E-state index contributed by atoms with van der Waals surface area (Å²) in [6.07, 6.45) is 2.22. The average Bonchev–Trinajstić information content (AvgIpc) is 2.92. The van der Waals surface area contributed by atoms with Crippen LogP contribution in [0.25, 0.3) is 11.3 Å². The molecule has 0 radical (unpaired) electrons. The minimum atomic E-state index is -0.319.